The summed E-state index contributed by atoms with van der Waals surface area (Å²) in [6.07, 6.45) is 39.9. The molecule has 44 heavy (non-hydrogen) atoms. The number of rotatable bonds is 35. The highest BCUT2D eigenvalue weighted by Crippen LogP contribution is 2.15. The van der Waals surface area contributed by atoms with E-state index >= 15 is 0 Å². The van der Waals surface area contributed by atoms with E-state index < -0.39 is 6.10 Å². The SMILES string of the molecule is CCCCC=CCCCCCCCC(=O)OC(CO)COC(=O)CCCCCCCCCCCCCCCCCCCCC. The zero-order valence-electron chi connectivity index (χ0n) is 29.4. The Morgan fingerprint density at radius 1 is 0.500 bits per heavy atom. The fourth-order valence-electron chi connectivity index (χ4n) is 5.59. The van der Waals surface area contributed by atoms with E-state index in [1.807, 2.05) is 0 Å². The molecule has 0 saturated heterocycles. The average Bonchev–Trinajstić information content (AvgIpc) is 3.02. The molecule has 0 amide bonds. The van der Waals surface area contributed by atoms with Gasteiger partial charge in [-0.1, -0.05) is 174 Å². The van der Waals surface area contributed by atoms with Crippen molar-refractivity contribution < 1.29 is 24.2 Å². The lowest BCUT2D eigenvalue weighted by atomic mass is 10.0. The van der Waals surface area contributed by atoms with E-state index in [-0.39, 0.29) is 25.2 Å². The van der Waals surface area contributed by atoms with Crippen LogP contribution in [0.4, 0.5) is 0 Å². The van der Waals surface area contributed by atoms with Gasteiger partial charge in [0.05, 0.1) is 6.61 Å². The Balaban J connectivity index is 3.49. The first kappa shape index (κ1) is 42.6. The van der Waals surface area contributed by atoms with Crippen LogP contribution in [0.3, 0.4) is 0 Å². The summed E-state index contributed by atoms with van der Waals surface area (Å²) in [6.45, 7) is 4.10. The number of ether oxygens (including phenoxy) is 2. The van der Waals surface area contributed by atoms with Crippen molar-refractivity contribution in [3.8, 4) is 0 Å². The zero-order valence-corrected chi connectivity index (χ0v) is 29.4. The van der Waals surface area contributed by atoms with Gasteiger partial charge in [0.2, 0.25) is 0 Å². The molecule has 0 aliphatic rings. The van der Waals surface area contributed by atoms with Gasteiger partial charge in [0.15, 0.2) is 6.10 Å². The number of carbonyl (C=O) groups is 2. The monoisotopic (exact) mass is 623 g/mol. The first-order valence-corrected chi connectivity index (χ1v) is 19.2. The molecule has 0 spiro atoms. The minimum Gasteiger partial charge on any atom is -0.462 e. The number of hydrogen-bond acceptors (Lipinski definition) is 5. The molecule has 1 N–H and O–H groups in total. The van der Waals surface area contributed by atoms with Crippen LogP contribution in [0.1, 0.15) is 206 Å². The Bertz CT molecular complexity index is 632. The van der Waals surface area contributed by atoms with E-state index in [0.29, 0.717) is 12.8 Å². The summed E-state index contributed by atoms with van der Waals surface area (Å²) in [6, 6.07) is 0. The highest BCUT2D eigenvalue weighted by Gasteiger charge is 2.16. The molecule has 0 aromatic carbocycles. The minimum atomic E-state index is -0.768. The van der Waals surface area contributed by atoms with E-state index in [4.69, 9.17) is 9.47 Å². The first-order chi connectivity index (χ1) is 21.6. The van der Waals surface area contributed by atoms with Crippen molar-refractivity contribution in [3.05, 3.63) is 12.2 Å². The molecular formula is C39H74O5. The third-order valence-electron chi connectivity index (χ3n) is 8.56. The van der Waals surface area contributed by atoms with Crippen molar-refractivity contribution in [2.24, 2.45) is 0 Å². The maximum absolute atomic E-state index is 12.1. The third kappa shape index (κ3) is 33.5. The van der Waals surface area contributed by atoms with Gasteiger partial charge < -0.3 is 14.6 Å². The Kier molecular flexibility index (Phi) is 35.0. The van der Waals surface area contributed by atoms with Crippen molar-refractivity contribution in [3.63, 3.8) is 0 Å². The van der Waals surface area contributed by atoms with Crippen LogP contribution in [-0.2, 0) is 19.1 Å². The van der Waals surface area contributed by atoms with Crippen LogP contribution in [0.5, 0.6) is 0 Å². The lowest BCUT2D eigenvalue weighted by molar-refractivity contribution is -0.161. The van der Waals surface area contributed by atoms with Crippen molar-refractivity contribution in [1.29, 1.82) is 0 Å². The molecule has 1 atom stereocenters. The second-order valence-electron chi connectivity index (χ2n) is 13.0. The minimum absolute atomic E-state index is 0.0635. The van der Waals surface area contributed by atoms with Crippen LogP contribution in [0.15, 0.2) is 12.2 Å². The van der Waals surface area contributed by atoms with Gasteiger partial charge in [0, 0.05) is 12.8 Å². The summed E-state index contributed by atoms with van der Waals surface area (Å²) in [7, 11) is 0. The molecule has 0 radical (unpaired) electrons. The van der Waals surface area contributed by atoms with Crippen molar-refractivity contribution in [2.45, 2.75) is 213 Å². The molecule has 0 saturated carbocycles. The van der Waals surface area contributed by atoms with Crippen LogP contribution in [-0.4, -0.2) is 36.4 Å². The first-order valence-electron chi connectivity index (χ1n) is 19.2. The van der Waals surface area contributed by atoms with Crippen LogP contribution >= 0.6 is 0 Å². The number of allylic oxidation sites excluding steroid dienone is 2. The van der Waals surface area contributed by atoms with Gasteiger partial charge >= 0.3 is 11.9 Å². The van der Waals surface area contributed by atoms with Crippen molar-refractivity contribution in [2.75, 3.05) is 13.2 Å². The maximum Gasteiger partial charge on any atom is 0.306 e. The highest BCUT2D eigenvalue weighted by molar-refractivity contribution is 5.70. The molecule has 260 valence electrons. The van der Waals surface area contributed by atoms with Gasteiger partial charge in [0.25, 0.3) is 0 Å². The summed E-state index contributed by atoms with van der Waals surface area (Å²) in [5, 5.41) is 9.52. The molecule has 5 heteroatoms. The molecule has 0 fully saturated rings. The predicted molar refractivity (Wildman–Crippen MR) is 187 cm³/mol. The van der Waals surface area contributed by atoms with Gasteiger partial charge in [-0.15, -0.1) is 0 Å². The Morgan fingerprint density at radius 2 is 0.864 bits per heavy atom. The standard InChI is InChI=1S/C39H74O5/c1-3-5-7-9-11-13-15-16-17-18-19-20-21-22-24-25-27-29-31-33-38(41)43-36-37(35-40)44-39(42)34-32-30-28-26-23-14-12-10-8-6-4-2/h10,12,37,40H,3-9,11,13-36H2,1-2H3. The molecular weight excluding hydrogens is 548 g/mol. The fourth-order valence-corrected chi connectivity index (χ4v) is 5.59. The summed E-state index contributed by atoms with van der Waals surface area (Å²) < 4.78 is 10.6. The van der Waals surface area contributed by atoms with Crippen LogP contribution < -0.4 is 0 Å². The number of esters is 2. The van der Waals surface area contributed by atoms with Gasteiger partial charge in [-0.05, 0) is 32.1 Å². The molecule has 0 bridgehead atoms. The summed E-state index contributed by atoms with van der Waals surface area (Å²) in [5.41, 5.74) is 0. The largest absolute Gasteiger partial charge is 0.462 e. The predicted octanol–water partition coefficient (Wildman–Crippen LogP) is 11.7. The maximum atomic E-state index is 12.1. The van der Waals surface area contributed by atoms with E-state index in [1.54, 1.807) is 0 Å². The molecule has 1 unspecified atom stereocenters. The van der Waals surface area contributed by atoms with Gasteiger partial charge in [-0.25, -0.2) is 0 Å². The normalized spacial score (nSPS) is 12.2. The summed E-state index contributed by atoms with van der Waals surface area (Å²) in [5.74, 6) is -0.593. The van der Waals surface area contributed by atoms with E-state index in [1.165, 1.54) is 141 Å². The van der Waals surface area contributed by atoms with Crippen molar-refractivity contribution in [1.82, 2.24) is 0 Å². The van der Waals surface area contributed by atoms with Crippen LogP contribution in [0.25, 0.3) is 0 Å². The molecule has 0 rings (SSSR count). The molecule has 0 aliphatic heterocycles. The van der Waals surface area contributed by atoms with Crippen molar-refractivity contribution >= 4 is 11.9 Å². The van der Waals surface area contributed by atoms with Gasteiger partial charge in [0.1, 0.15) is 6.61 Å². The second kappa shape index (κ2) is 36.1. The van der Waals surface area contributed by atoms with Gasteiger partial charge in [-0.2, -0.15) is 0 Å². The number of unbranched alkanes of at least 4 members (excludes halogenated alkanes) is 25. The van der Waals surface area contributed by atoms with Crippen LogP contribution in [0, 0.1) is 0 Å². The summed E-state index contributed by atoms with van der Waals surface area (Å²) in [4.78, 5) is 24.2. The van der Waals surface area contributed by atoms with E-state index in [2.05, 4.69) is 26.0 Å². The Labute approximate surface area is 273 Å². The lowest BCUT2D eigenvalue weighted by Crippen LogP contribution is -2.28. The van der Waals surface area contributed by atoms with E-state index in [0.717, 1.165) is 38.5 Å². The highest BCUT2D eigenvalue weighted by atomic mass is 16.6. The Morgan fingerprint density at radius 3 is 1.30 bits per heavy atom. The topological polar surface area (TPSA) is 72.8 Å². The fraction of sp³-hybridized carbons (Fsp3) is 0.897. The summed E-state index contributed by atoms with van der Waals surface area (Å²) >= 11 is 0. The molecule has 0 heterocycles. The number of carbonyl (C=O) groups excluding carboxylic acids is 2. The molecule has 0 aromatic heterocycles. The number of aliphatic hydroxyl groups excluding tert-OH is 1. The zero-order chi connectivity index (χ0) is 32.2. The quantitative estimate of drug-likeness (QED) is 0.0432. The van der Waals surface area contributed by atoms with E-state index in [9.17, 15) is 14.7 Å². The Hall–Kier alpha value is -1.36. The lowest BCUT2D eigenvalue weighted by Gasteiger charge is -2.15. The molecule has 0 aromatic rings. The smallest absolute Gasteiger partial charge is 0.306 e. The van der Waals surface area contributed by atoms with Gasteiger partial charge in [-0.3, -0.25) is 9.59 Å². The van der Waals surface area contributed by atoms with Crippen LogP contribution in [0.2, 0.25) is 0 Å². The molecule has 5 nitrogen and oxygen atoms in total. The second-order valence-corrected chi connectivity index (χ2v) is 13.0. The number of aliphatic hydroxyl groups is 1. The third-order valence-corrected chi connectivity index (χ3v) is 8.56. The molecule has 0 aliphatic carbocycles. The average molecular weight is 623 g/mol. The number of hydrogen-bond donors (Lipinski definition) is 1.